The number of alkyl carbamates (subject to hydrolysis) is 1. The third-order valence-electron chi connectivity index (χ3n) is 13.1. The fourth-order valence-electron chi connectivity index (χ4n) is 7.80. The quantitative estimate of drug-likeness (QED) is 0.0496. The van der Waals surface area contributed by atoms with Crippen LogP contribution in [0.3, 0.4) is 0 Å². The number of esters is 1. The lowest BCUT2D eigenvalue weighted by Gasteiger charge is -2.34. The van der Waals surface area contributed by atoms with E-state index in [0.29, 0.717) is 6.42 Å². The Balaban J connectivity index is 3.33. The molecule has 10 amide bonds. The van der Waals surface area contributed by atoms with Crippen molar-refractivity contribution in [3.8, 4) is 0 Å². The fraction of sp³-hybridized carbons (Fsp3) is 0.702. The van der Waals surface area contributed by atoms with Crippen molar-refractivity contribution < 1.29 is 67.0 Å². The van der Waals surface area contributed by atoms with E-state index in [-0.39, 0.29) is 12.5 Å². The van der Waals surface area contributed by atoms with Gasteiger partial charge in [0.2, 0.25) is 53.2 Å². The maximum absolute atomic E-state index is 14.3. The molecule has 1 aromatic carbocycles. The van der Waals surface area contributed by atoms with Crippen LogP contribution < -0.4 is 53.2 Å². The molecule has 0 aliphatic carbocycles. The average molecular weight is 1150 g/mol. The summed E-state index contributed by atoms with van der Waals surface area (Å²) in [5, 5.41) is 26.4. The van der Waals surface area contributed by atoms with Crippen molar-refractivity contribution in [3.05, 3.63) is 35.9 Å². The molecule has 0 heterocycles. The standard InChI is InChI=1S/C57H96N10O14/c1-22-34(10)42(49(74)66-56(17,18)51(76)63-43(35(11)80-29-36-26-24-23-25-27-36)47(72)60-41(33(8)9)48(73)67-57(19,20)52(77)79-21)61-45(70)39(31(4)5)59-46(71)40(32(6)7)62-50(75)55(15,16)65-37(68)28-58-44(69)38(30(2)3)64-53(78)81-54(12,13)14/h23-27,30-35,38-43H,22,28-29H2,1-21H3,(H,58,69)(H,59,71)(H,60,72)(H,61,70)(H,62,75)(H,63,76)(H,64,78)(H,65,68)(H,66,74)(H,67,73)/t34-,35+,38-,39-,40-,41-,42-,43-/m1/s1. The maximum atomic E-state index is 14.3. The summed E-state index contributed by atoms with van der Waals surface area (Å²) < 4.78 is 16.2. The zero-order valence-corrected chi connectivity index (χ0v) is 51.7. The van der Waals surface area contributed by atoms with Crippen molar-refractivity contribution in [3.63, 3.8) is 0 Å². The number of amides is 10. The van der Waals surface area contributed by atoms with E-state index in [0.717, 1.165) is 5.56 Å². The molecule has 0 unspecified atom stereocenters. The minimum absolute atomic E-state index is 0.0468. The zero-order chi connectivity index (χ0) is 62.7. The first-order chi connectivity index (χ1) is 37.1. The molecular weight excluding hydrogens is 1050 g/mol. The Morgan fingerprint density at radius 1 is 0.469 bits per heavy atom. The summed E-state index contributed by atoms with van der Waals surface area (Å²) in [7, 11) is 1.18. The van der Waals surface area contributed by atoms with Crippen LogP contribution in [0.4, 0.5) is 4.79 Å². The van der Waals surface area contributed by atoms with Crippen molar-refractivity contribution in [1.29, 1.82) is 0 Å². The van der Waals surface area contributed by atoms with Crippen molar-refractivity contribution >= 4 is 65.2 Å². The summed E-state index contributed by atoms with van der Waals surface area (Å²) in [6.45, 7) is 31.5. The summed E-state index contributed by atoms with van der Waals surface area (Å²) in [5.74, 6) is -9.97. The number of nitrogens with one attached hydrogen (secondary N) is 10. The molecule has 81 heavy (non-hydrogen) atoms. The van der Waals surface area contributed by atoms with E-state index in [1.165, 1.54) is 48.7 Å². The summed E-state index contributed by atoms with van der Waals surface area (Å²) in [6.07, 6.45) is -1.44. The molecule has 458 valence electrons. The Labute approximate surface area is 479 Å². The number of ether oxygens (including phenoxy) is 3. The number of carbonyl (C=O) groups excluding carboxylic acids is 11. The van der Waals surface area contributed by atoms with Crippen LogP contribution in [-0.4, -0.2) is 143 Å². The fourth-order valence-corrected chi connectivity index (χ4v) is 7.80. The SMILES string of the molecule is CC[C@@H](C)[C@@H](NC(=O)[C@H](NC(=O)[C@H](NC(=O)C(C)(C)NC(=O)CNC(=O)[C@H](NC(=O)OC(C)(C)C)C(C)C)C(C)C)C(C)C)C(=O)NC(C)(C)C(=O)N[C@@H](C(=O)N[C@@H](C(=O)NC(C)(C)C(=O)OC)C(C)C)[C@H](C)OCc1ccccc1. The molecule has 8 atom stereocenters. The number of hydrogen-bond acceptors (Lipinski definition) is 14. The molecule has 1 rings (SSSR count). The van der Waals surface area contributed by atoms with E-state index in [1.54, 1.807) is 96.9 Å². The molecule has 0 fully saturated rings. The van der Waals surface area contributed by atoms with Gasteiger partial charge in [0, 0.05) is 0 Å². The first kappa shape index (κ1) is 72.2. The Bertz CT molecular complexity index is 2350. The topological polar surface area (TPSA) is 336 Å². The molecule has 0 spiro atoms. The van der Waals surface area contributed by atoms with Gasteiger partial charge in [-0.2, -0.15) is 0 Å². The van der Waals surface area contributed by atoms with E-state index >= 15 is 0 Å². The highest BCUT2D eigenvalue weighted by Crippen LogP contribution is 2.17. The Morgan fingerprint density at radius 3 is 1.32 bits per heavy atom. The third kappa shape index (κ3) is 23.6. The van der Waals surface area contributed by atoms with Gasteiger partial charge in [0.1, 0.15) is 58.5 Å². The number of benzene rings is 1. The molecule has 0 saturated carbocycles. The van der Waals surface area contributed by atoms with Gasteiger partial charge in [0.15, 0.2) is 0 Å². The van der Waals surface area contributed by atoms with Gasteiger partial charge in [-0.25, -0.2) is 9.59 Å². The molecule has 24 heteroatoms. The lowest BCUT2D eigenvalue weighted by Crippen LogP contribution is -2.66. The normalized spacial score (nSPS) is 15.0. The van der Waals surface area contributed by atoms with Crippen LogP contribution in [0.25, 0.3) is 0 Å². The van der Waals surface area contributed by atoms with Gasteiger partial charge in [-0.1, -0.05) is 106 Å². The third-order valence-corrected chi connectivity index (χ3v) is 13.1. The van der Waals surface area contributed by atoms with Gasteiger partial charge in [0.25, 0.3) is 0 Å². The smallest absolute Gasteiger partial charge is 0.408 e. The van der Waals surface area contributed by atoms with Crippen molar-refractivity contribution in [2.24, 2.45) is 29.6 Å². The molecule has 0 aliphatic rings. The number of methoxy groups -OCH3 is 1. The number of carbonyl (C=O) groups is 11. The highest BCUT2D eigenvalue weighted by molar-refractivity contribution is 6.00. The van der Waals surface area contributed by atoms with Gasteiger partial charge in [-0.3, -0.25) is 43.2 Å². The first-order valence-corrected chi connectivity index (χ1v) is 27.6. The van der Waals surface area contributed by atoms with E-state index < -0.39 is 160 Å². The van der Waals surface area contributed by atoms with Crippen molar-refractivity contribution in [1.82, 2.24) is 53.2 Å². The van der Waals surface area contributed by atoms with Crippen LogP contribution in [-0.2, 0) is 68.8 Å². The molecule has 10 N–H and O–H groups in total. The van der Waals surface area contributed by atoms with E-state index in [1.807, 2.05) is 30.3 Å². The van der Waals surface area contributed by atoms with E-state index in [2.05, 4.69) is 53.2 Å². The van der Waals surface area contributed by atoms with Gasteiger partial charge in [-0.15, -0.1) is 0 Å². The highest BCUT2D eigenvalue weighted by atomic mass is 16.6. The van der Waals surface area contributed by atoms with Gasteiger partial charge in [0.05, 0.1) is 26.4 Å². The van der Waals surface area contributed by atoms with E-state index in [9.17, 15) is 52.7 Å². The Morgan fingerprint density at radius 2 is 0.864 bits per heavy atom. The molecular formula is C57H96N10O14. The van der Waals surface area contributed by atoms with Gasteiger partial charge < -0.3 is 67.4 Å². The van der Waals surface area contributed by atoms with Crippen LogP contribution >= 0.6 is 0 Å². The highest BCUT2D eigenvalue weighted by Gasteiger charge is 2.42. The minimum Gasteiger partial charge on any atom is -0.467 e. The van der Waals surface area contributed by atoms with Gasteiger partial charge >= 0.3 is 12.1 Å². The molecule has 0 aliphatic heterocycles. The summed E-state index contributed by atoms with van der Waals surface area (Å²) >= 11 is 0. The molecule has 0 aromatic heterocycles. The van der Waals surface area contributed by atoms with Crippen LogP contribution in [0.15, 0.2) is 30.3 Å². The van der Waals surface area contributed by atoms with Crippen molar-refractivity contribution in [2.75, 3.05) is 13.7 Å². The predicted octanol–water partition coefficient (Wildman–Crippen LogP) is 2.55. The number of rotatable bonds is 30. The molecule has 0 saturated heterocycles. The Hall–Kier alpha value is -6.85. The molecule has 0 bridgehead atoms. The maximum Gasteiger partial charge on any atom is 0.408 e. The molecule has 24 nitrogen and oxygen atoms in total. The van der Waals surface area contributed by atoms with Crippen molar-refractivity contribution in [2.45, 2.75) is 216 Å². The summed E-state index contributed by atoms with van der Waals surface area (Å²) in [6, 6.07) is 1.67. The Kier molecular flexibility index (Phi) is 28.0. The van der Waals surface area contributed by atoms with Crippen LogP contribution in [0, 0.1) is 29.6 Å². The molecule has 0 radical (unpaired) electrons. The summed E-state index contributed by atoms with van der Waals surface area (Å²) in [5.41, 5.74) is -4.87. The lowest BCUT2D eigenvalue weighted by molar-refractivity contribution is -0.150. The average Bonchev–Trinajstić information content (AvgIpc) is 3.35. The lowest BCUT2D eigenvalue weighted by atomic mass is 9.94. The zero-order valence-electron chi connectivity index (χ0n) is 51.7. The van der Waals surface area contributed by atoms with E-state index in [4.69, 9.17) is 14.2 Å². The first-order valence-electron chi connectivity index (χ1n) is 27.6. The second-order valence-electron chi connectivity index (χ2n) is 24.5. The second kappa shape index (κ2) is 31.4. The van der Waals surface area contributed by atoms with Crippen LogP contribution in [0.5, 0.6) is 0 Å². The van der Waals surface area contributed by atoms with Gasteiger partial charge in [-0.05, 0) is 104 Å². The summed E-state index contributed by atoms with van der Waals surface area (Å²) in [4.78, 5) is 149. The van der Waals surface area contributed by atoms with Crippen LogP contribution in [0.1, 0.15) is 150 Å². The van der Waals surface area contributed by atoms with Crippen LogP contribution in [0.2, 0.25) is 0 Å². The number of hydrogen-bond donors (Lipinski definition) is 10. The monoisotopic (exact) mass is 1140 g/mol. The largest absolute Gasteiger partial charge is 0.467 e. The minimum atomic E-state index is -1.75. The second-order valence-corrected chi connectivity index (χ2v) is 24.5. The molecule has 1 aromatic rings. The predicted molar refractivity (Wildman–Crippen MR) is 304 cm³/mol.